The van der Waals surface area contributed by atoms with Crippen LogP contribution in [0.5, 0.6) is 0 Å². The molecule has 10 rings (SSSR count). The summed E-state index contributed by atoms with van der Waals surface area (Å²) in [5.41, 5.74) is 4.20. The van der Waals surface area contributed by atoms with Gasteiger partial charge in [-0.1, -0.05) is 67.9 Å². The van der Waals surface area contributed by atoms with Gasteiger partial charge in [0, 0.05) is 67.8 Å². The normalized spacial score (nSPS) is 11.6. The molecular formula is C66H89BrN18O15. The number of hydrogen-bond donors (Lipinski definition) is 4. The molecule has 5 N–H and O–H groups in total. The molecule has 0 saturated heterocycles. The third kappa shape index (κ3) is 16.5. The predicted octanol–water partition coefficient (Wildman–Crippen LogP) is 3.99. The molecule has 0 aliphatic heterocycles. The Balaban J connectivity index is 0.000000226. The number of H-pyrrole nitrogens is 1. The van der Waals surface area contributed by atoms with Gasteiger partial charge in [0.15, 0.2) is 39.1 Å². The van der Waals surface area contributed by atoms with Crippen molar-refractivity contribution < 1.29 is 33.8 Å². The van der Waals surface area contributed by atoms with Crippen molar-refractivity contribution in [2.24, 2.45) is 56.4 Å². The summed E-state index contributed by atoms with van der Waals surface area (Å²) in [5.74, 6) is -1.07. The Morgan fingerprint density at radius 2 is 0.820 bits per heavy atom. The third-order valence-corrected chi connectivity index (χ3v) is 16.7. The van der Waals surface area contributed by atoms with E-state index in [9.17, 15) is 62.6 Å². The number of anilines is 2. The number of aryl methyl sites for hydroxylation is 4. The number of nitrogen functional groups attached to an aromatic ring is 1. The van der Waals surface area contributed by atoms with Gasteiger partial charge in [0.05, 0.1) is 38.5 Å². The smallest absolute Gasteiger partial charge is 0.332 e. The van der Waals surface area contributed by atoms with E-state index in [-0.39, 0.29) is 63.2 Å². The summed E-state index contributed by atoms with van der Waals surface area (Å²) in [7, 11) is 11.7. The lowest BCUT2D eigenvalue weighted by atomic mass is 10.0. The van der Waals surface area contributed by atoms with Gasteiger partial charge < -0.3 is 44.3 Å². The van der Waals surface area contributed by atoms with Crippen molar-refractivity contribution in [1.29, 1.82) is 0 Å². The highest BCUT2D eigenvalue weighted by Gasteiger charge is 2.36. The molecule has 540 valence electrons. The lowest BCUT2D eigenvalue weighted by Gasteiger charge is -2.26. The van der Waals surface area contributed by atoms with Crippen LogP contribution in [0.3, 0.4) is 0 Å². The number of ether oxygens (including phenoxy) is 2. The van der Waals surface area contributed by atoms with E-state index in [4.69, 9.17) is 15.2 Å². The maximum atomic E-state index is 13.0. The van der Waals surface area contributed by atoms with Gasteiger partial charge in [0.25, 0.3) is 22.2 Å². The number of fused-ring (bicyclic) bond motifs is 4. The maximum Gasteiger partial charge on any atom is 0.332 e. The summed E-state index contributed by atoms with van der Waals surface area (Å²) in [6.07, 6.45) is 5.46. The third-order valence-electron chi connectivity index (χ3n) is 16.3. The molecule has 0 fully saturated rings. The number of carboxylic acids is 1. The molecule has 0 bridgehead atoms. The van der Waals surface area contributed by atoms with E-state index in [1.165, 1.54) is 125 Å². The Hall–Kier alpha value is -10.8. The number of rotatable bonds is 12. The summed E-state index contributed by atoms with van der Waals surface area (Å²) in [4.78, 5) is 162. The summed E-state index contributed by atoms with van der Waals surface area (Å²) < 4.78 is 22.5. The van der Waals surface area contributed by atoms with Crippen LogP contribution in [0.25, 0.3) is 44.7 Å². The first kappa shape index (κ1) is 79.9. The fraction of sp³-hybridized carbons (Fsp3) is 0.455. The van der Waals surface area contributed by atoms with Gasteiger partial charge in [-0.05, 0) is 116 Å². The molecule has 2 aromatic carbocycles. The number of nitrogens with one attached hydrogen (secondary N) is 2. The summed E-state index contributed by atoms with van der Waals surface area (Å²) in [5, 5.41) is 12.1. The van der Waals surface area contributed by atoms with E-state index < -0.39 is 66.6 Å². The zero-order valence-corrected chi connectivity index (χ0v) is 61.9. The van der Waals surface area contributed by atoms with Gasteiger partial charge in [0.2, 0.25) is 5.91 Å². The number of aliphatic carboxylic acids is 1. The number of aromatic amines is 1. The number of hydrogen-bond acceptors (Lipinski definition) is 19. The van der Waals surface area contributed by atoms with Crippen LogP contribution < -0.4 is 56.0 Å². The highest BCUT2D eigenvalue weighted by atomic mass is 79.9. The first-order chi connectivity index (χ1) is 46.3. The maximum absolute atomic E-state index is 13.0. The number of nitrogens with two attached hydrogens (primary N) is 1. The first-order valence-electron chi connectivity index (χ1n) is 31.3. The molecule has 34 heteroatoms. The fourth-order valence-electron chi connectivity index (χ4n) is 9.61. The fourth-order valence-corrected chi connectivity index (χ4v) is 9.73. The number of alkyl halides is 1. The van der Waals surface area contributed by atoms with Crippen molar-refractivity contribution >= 4 is 95.8 Å². The second kappa shape index (κ2) is 31.4. The molecular weight excluding hydrogens is 1360 g/mol. The molecule has 0 aliphatic carbocycles. The number of imidazole rings is 4. The number of amides is 1. The summed E-state index contributed by atoms with van der Waals surface area (Å²) in [6.45, 7) is 25.8. The topological polar surface area (TPSA) is 403 Å². The Bertz CT molecular complexity index is 5210. The number of aromatic nitrogens is 16. The molecule has 8 heterocycles. The molecule has 1 amide bonds. The molecule has 100 heavy (non-hydrogen) atoms. The second-order valence-corrected chi connectivity index (χ2v) is 27.7. The summed E-state index contributed by atoms with van der Waals surface area (Å²) >= 11 is 3.17. The zero-order valence-electron chi connectivity index (χ0n) is 60.3. The van der Waals surface area contributed by atoms with Crippen LogP contribution in [0.4, 0.5) is 11.4 Å². The van der Waals surface area contributed by atoms with E-state index in [0.29, 0.717) is 35.3 Å². The van der Waals surface area contributed by atoms with Crippen molar-refractivity contribution in [3.8, 4) is 0 Å². The molecule has 0 radical (unpaired) electrons. The molecule has 8 aromatic heterocycles. The minimum atomic E-state index is -1.34. The van der Waals surface area contributed by atoms with Crippen molar-refractivity contribution in [1.82, 2.24) is 75.2 Å². The van der Waals surface area contributed by atoms with Gasteiger partial charge in [0.1, 0.15) is 26.5 Å². The Morgan fingerprint density at radius 3 is 1.16 bits per heavy atom. The van der Waals surface area contributed by atoms with Gasteiger partial charge in [-0.3, -0.25) is 65.3 Å². The van der Waals surface area contributed by atoms with Crippen molar-refractivity contribution in [2.75, 3.05) is 24.3 Å². The van der Waals surface area contributed by atoms with E-state index >= 15 is 0 Å². The number of carbonyl (C=O) groups excluding carboxylic acids is 3. The quantitative estimate of drug-likeness (QED) is 0.0763. The van der Waals surface area contributed by atoms with Crippen molar-refractivity contribution in [3.63, 3.8) is 0 Å². The minimum Gasteiger partial charge on any atom is -0.480 e. The van der Waals surface area contributed by atoms with Crippen molar-refractivity contribution in [3.05, 3.63) is 168 Å². The lowest BCUT2D eigenvalue weighted by Crippen LogP contribution is -2.43. The minimum absolute atomic E-state index is 0.0944. The molecule has 10 aromatic rings. The SMILES string of the molecule is CC(C)c1ccc(N)cc1.CC(C)c1ccc(NC(=O)C(C)(C)n2cnc3c2c(=O)n(C)c(=O)n3C)cc1.CCOC(=O)C(C)(C)Br.CCOC(=O)C(C)(C)n1cnc2c1c(=O)n(C)c(=O)n2C.Cn1c(=O)c2[nH]cnc2n(C)c1=O.Cn1c(=O)c2c(ncn2C(C)(C)C(=O)O)n(C)c1=O. The van der Waals surface area contributed by atoms with Gasteiger partial charge >= 0.3 is 40.7 Å². The number of carboxylic acid groups (broad SMARTS) is 1. The van der Waals surface area contributed by atoms with Crippen LogP contribution in [0, 0.1) is 0 Å². The first-order valence-corrected chi connectivity index (χ1v) is 32.1. The van der Waals surface area contributed by atoms with Crippen LogP contribution in [-0.2, 0) is 102 Å². The van der Waals surface area contributed by atoms with Crippen LogP contribution in [0.1, 0.15) is 120 Å². The monoisotopic (exact) mass is 1450 g/mol. The van der Waals surface area contributed by atoms with Crippen LogP contribution in [-0.4, -0.2) is 122 Å². The average molecular weight is 1450 g/mol. The Kier molecular flexibility index (Phi) is 25.1. The van der Waals surface area contributed by atoms with E-state index in [2.05, 4.69) is 86.0 Å². The van der Waals surface area contributed by atoms with E-state index in [1.54, 1.807) is 69.5 Å². The van der Waals surface area contributed by atoms with Crippen LogP contribution in [0.15, 0.2) is 112 Å². The number of nitrogens with zero attached hydrogens (tertiary/aromatic N) is 15. The zero-order chi connectivity index (χ0) is 75.9. The molecule has 0 aliphatic rings. The predicted molar refractivity (Wildman–Crippen MR) is 383 cm³/mol. The largest absolute Gasteiger partial charge is 0.480 e. The highest BCUT2D eigenvalue weighted by molar-refractivity contribution is 9.10. The molecule has 33 nitrogen and oxygen atoms in total. The molecule has 0 unspecified atom stereocenters. The second-order valence-electron chi connectivity index (χ2n) is 25.7. The standard InChI is InChI=1S/C20H25N5O3.C13H18N4O4.C11H14N4O4.C9H13N.C7H8N4O2.C6H11BrO2/c1-12(2)13-7-9-14(10-8-13)22-18(27)20(3,4)25-11-21-16-15(25)17(26)24(6)19(28)23(16)5;1-6-21-11(19)13(2,3)17-7-14-9-8(17)10(18)16(5)12(20)15(9)4;1-11(2,9(17)18)15-5-12-7-6(15)8(16)14(4)10(19)13(7)3;1-7(2)8-3-5-9(10)6-4-8;1-10-5-4(8-3-9-5)6(12)11(2)7(10)13;1-4-9-5(8)6(2,3)7/h7-12H,1-6H3,(H,22,27);7H,6H2,1-5H3;5H,1-4H3,(H,17,18);3-7H,10H2,1-2H3;3H,1-2H3,(H,8,9);4H2,1-3H3. The van der Waals surface area contributed by atoms with Crippen LogP contribution in [0.2, 0.25) is 0 Å². The van der Waals surface area contributed by atoms with Gasteiger partial charge in [-0.2, -0.15) is 0 Å². The molecule has 0 spiro atoms. The van der Waals surface area contributed by atoms with Gasteiger partial charge in [-0.25, -0.2) is 48.7 Å². The lowest BCUT2D eigenvalue weighted by molar-refractivity contribution is -0.152. The number of esters is 2. The Labute approximate surface area is 580 Å². The van der Waals surface area contributed by atoms with Crippen LogP contribution >= 0.6 is 15.9 Å². The number of halogens is 1. The number of carbonyl (C=O) groups is 4. The Morgan fingerprint density at radius 1 is 0.490 bits per heavy atom. The molecule has 0 atom stereocenters. The molecule has 0 saturated carbocycles. The average Bonchev–Trinajstić information content (AvgIpc) is 1.55. The van der Waals surface area contributed by atoms with E-state index in [0.717, 1.165) is 24.0 Å². The van der Waals surface area contributed by atoms with E-state index in [1.807, 2.05) is 36.4 Å². The summed E-state index contributed by atoms with van der Waals surface area (Å²) in [6, 6.07) is 15.7. The van der Waals surface area contributed by atoms with Crippen molar-refractivity contribution in [2.45, 2.75) is 130 Å². The number of benzene rings is 2. The van der Waals surface area contributed by atoms with Gasteiger partial charge in [-0.15, -0.1) is 0 Å². The highest BCUT2D eigenvalue weighted by Crippen LogP contribution is 2.26.